The molecule has 9 nitrogen and oxygen atoms in total. The van der Waals surface area contributed by atoms with Crippen molar-refractivity contribution in [1.82, 2.24) is 9.80 Å². The topological polar surface area (TPSA) is 89.9 Å². The van der Waals surface area contributed by atoms with E-state index in [9.17, 15) is 9.59 Å². The van der Waals surface area contributed by atoms with Crippen LogP contribution in [-0.2, 0) is 25.7 Å². The summed E-state index contributed by atoms with van der Waals surface area (Å²) in [4.78, 5) is 35.0. The lowest BCUT2D eigenvalue weighted by Gasteiger charge is -2.37. The van der Waals surface area contributed by atoms with Crippen LogP contribution in [0, 0.1) is 0 Å². The number of nitrogens with zero attached hydrogens (tertiary/aromatic N) is 3. The molecule has 0 saturated carbocycles. The van der Waals surface area contributed by atoms with E-state index in [2.05, 4.69) is 0 Å². The summed E-state index contributed by atoms with van der Waals surface area (Å²) >= 11 is 1.46. The Bertz CT molecular complexity index is 1350. The van der Waals surface area contributed by atoms with E-state index in [1.165, 1.54) is 18.9 Å². The smallest absolute Gasteiger partial charge is 0.338 e. The largest absolute Gasteiger partial charge is 0.493 e. The first-order valence-corrected chi connectivity index (χ1v) is 14.2. The number of allylic oxidation sites excluding steroid dienone is 1. The van der Waals surface area contributed by atoms with Gasteiger partial charge >= 0.3 is 5.97 Å². The van der Waals surface area contributed by atoms with Gasteiger partial charge in [-0.05, 0) is 35.1 Å². The highest BCUT2D eigenvalue weighted by Gasteiger charge is 2.42. The van der Waals surface area contributed by atoms with E-state index in [4.69, 9.17) is 23.9 Å². The van der Waals surface area contributed by atoms with E-state index in [1.54, 1.807) is 7.11 Å². The third-order valence-corrected chi connectivity index (χ3v) is 7.95. The maximum atomic E-state index is 13.2. The summed E-state index contributed by atoms with van der Waals surface area (Å²) in [5, 5.41) is 2.68. The molecule has 210 valence electrons. The third kappa shape index (κ3) is 5.73. The molecule has 0 aliphatic carbocycles. The Hall–Kier alpha value is -3.76. The summed E-state index contributed by atoms with van der Waals surface area (Å²) < 4.78 is 22.5. The average molecular weight is 564 g/mol. The predicted molar refractivity (Wildman–Crippen MR) is 153 cm³/mol. The van der Waals surface area contributed by atoms with E-state index in [-0.39, 0.29) is 12.3 Å². The number of esters is 1. The highest BCUT2D eigenvalue weighted by molar-refractivity contribution is 8.16. The number of hydrogen-bond donors (Lipinski definition) is 0. The fourth-order valence-corrected chi connectivity index (χ4v) is 5.95. The molecule has 1 unspecified atom stereocenters. The molecule has 3 heterocycles. The number of ether oxygens (including phenoxy) is 4. The molecule has 5 rings (SSSR count). The van der Waals surface area contributed by atoms with E-state index in [0.717, 1.165) is 22.0 Å². The fourth-order valence-electron chi connectivity index (χ4n) is 5.02. The van der Waals surface area contributed by atoms with Crippen LogP contribution in [0.2, 0.25) is 0 Å². The molecule has 0 bridgehead atoms. The fraction of sp³-hybridized carbons (Fsp3) is 0.367. The van der Waals surface area contributed by atoms with Gasteiger partial charge in [-0.25, -0.2) is 9.79 Å². The SMILES string of the molecule is CCC1=C(C(=O)OC)C(c2ccc(OCc3ccccc3)c(OC)c2)N2C(CC(=O)N3CCOCC3)=CSC2=N1. The quantitative estimate of drug-likeness (QED) is 0.407. The maximum Gasteiger partial charge on any atom is 0.338 e. The van der Waals surface area contributed by atoms with Gasteiger partial charge in [0.1, 0.15) is 6.61 Å². The van der Waals surface area contributed by atoms with Crippen LogP contribution >= 0.6 is 11.8 Å². The Labute approximate surface area is 238 Å². The number of benzene rings is 2. The van der Waals surface area contributed by atoms with Crippen LogP contribution in [-0.4, -0.2) is 67.4 Å². The van der Waals surface area contributed by atoms with Crippen molar-refractivity contribution in [1.29, 1.82) is 0 Å². The van der Waals surface area contributed by atoms with Crippen molar-refractivity contribution in [3.8, 4) is 11.5 Å². The highest BCUT2D eigenvalue weighted by atomic mass is 32.2. The molecule has 1 amide bonds. The van der Waals surface area contributed by atoms with Crippen LogP contribution in [0.25, 0.3) is 0 Å². The van der Waals surface area contributed by atoms with Crippen LogP contribution in [0.15, 0.2) is 75.9 Å². The zero-order valence-corrected chi connectivity index (χ0v) is 23.7. The lowest BCUT2D eigenvalue weighted by molar-refractivity contribution is -0.136. The molecule has 1 atom stereocenters. The van der Waals surface area contributed by atoms with E-state index >= 15 is 0 Å². The summed E-state index contributed by atoms with van der Waals surface area (Å²) in [6, 6.07) is 15.0. The van der Waals surface area contributed by atoms with Gasteiger partial charge in [0.05, 0.1) is 51.2 Å². The predicted octanol–water partition coefficient (Wildman–Crippen LogP) is 4.66. The molecule has 2 aromatic carbocycles. The molecule has 0 N–H and O–H groups in total. The lowest BCUT2D eigenvalue weighted by atomic mass is 9.92. The monoisotopic (exact) mass is 563 g/mol. The number of methoxy groups -OCH3 is 2. The van der Waals surface area contributed by atoms with Crippen molar-refractivity contribution in [3.05, 3.63) is 82.0 Å². The van der Waals surface area contributed by atoms with E-state index in [1.807, 2.05) is 70.7 Å². The van der Waals surface area contributed by atoms with Crippen molar-refractivity contribution < 1.29 is 28.5 Å². The van der Waals surface area contributed by atoms with Crippen molar-refractivity contribution in [3.63, 3.8) is 0 Å². The van der Waals surface area contributed by atoms with Crippen molar-refractivity contribution in [2.75, 3.05) is 40.5 Å². The summed E-state index contributed by atoms with van der Waals surface area (Å²) in [5.41, 5.74) is 3.73. The number of thioether (sulfide) groups is 1. The first kappa shape index (κ1) is 27.8. The van der Waals surface area contributed by atoms with Gasteiger partial charge < -0.3 is 28.7 Å². The number of hydrogen-bond acceptors (Lipinski definition) is 9. The standard InChI is InChI=1S/C30H33N3O6S/c1-4-23-27(29(35)37-3)28(21-10-11-24(25(16-21)36-2)39-18-20-8-6-5-7-9-20)33-22(19-40-30(33)31-23)17-26(34)32-12-14-38-15-13-32/h5-11,16,19,28H,4,12-15,17-18H2,1-3H3. The molecule has 1 fully saturated rings. The number of morpholine rings is 1. The molecular formula is C30H33N3O6S. The first-order chi connectivity index (χ1) is 19.5. The number of carbonyl (C=O) groups is 2. The minimum atomic E-state index is -0.550. The number of amidine groups is 1. The van der Waals surface area contributed by atoms with Gasteiger partial charge in [0.2, 0.25) is 5.91 Å². The Balaban J connectivity index is 1.49. The molecule has 0 radical (unpaired) electrons. The van der Waals surface area contributed by atoms with Crippen LogP contribution in [0.4, 0.5) is 0 Å². The van der Waals surface area contributed by atoms with Gasteiger partial charge in [-0.3, -0.25) is 4.79 Å². The van der Waals surface area contributed by atoms with E-state index < -0.39 is 12.0 Å². The summed E-state index contributed by atoms with van der Waals surface area (Å²) in [5.74, 6) is 0.695. The molecule has 40 heavy (non-hydrogen) atoms. The number of aliphatic imine (C=N–C) groups is 1. The number of carbonyl (C=O) groups excluding carboxylic acids is 2. The first-order valence-electron chi connectivity index (χ1n) is 13.3. The summed E-state index contributed by atoms with van der Waals surface area (Å²) in [6.07, 6.45) is 0.740. The second-order valence-electron chi connectivity index (χ2n) is 9.45. The van der Waals surface area contributed by atoms with E-state index in [0.29, 0.717) is 62.1 Å². The molecule has 2 aromatic rings. The second kappa shape index (κ2) is 12.6. The van der Waals surface area contributed by atoms with Crippen LogP contribution in [0.3, 0.4) is 0 Å². The zero-order chi connectivity index (χ0) is 28.1. The molecule has 10 heteroatoms. The molecule has 3 aliphatic heterocycles. The number of rotatable bonds is 9. The van der Waals surface area contributed by atoms with Crippen molar-refractivity contribution >= 4 is 28.8 Å². The number of fused-ring (bicyclic) bond motifs is 1. The van der Waals surface area contributed by atoms with Gasteiger partial charge in [-0.15, -0.1) is 0 Å². The van der Waals surface area contributed by atoms with Gasteiger partial charge in [-0.1, -0.05) is 55.1 Å². The molecule has 0 aromatic heterocycles. The molecule has 3 aliphatic rings. The number of amides is 1. The summed E-state index contributed by atoms with van der Waals surface area (Å²) in [7, 11) is 2.96. The van der Waals surface area contributed by atoms with Gasteiger partial charge in [0, 0.05) is 18.8 Å². The maximum absolute atomic E-state index is 13.2. The third-order valence-electron chi connectivity index (χ3n) is 7.07. The molecular weight excluding hydrogens is 530 g/mol. The van der Waals surface area contributed by atoms with Gasteiger partial charge in [0.25, 0.3) is 0 Å². The minimum Gasteiger partial charge on any atom is -0.493 e. The average Bonchev–Trinajstić information content (AvgIpc) is 3.41. The normalized spacial score (nSPS) is 18.6. The van der Waals surface area contributed by atoms with Crippen molar-refractivity contribution in [2.45, 2.75) is 32.4 Å². The van der Waals surface area contributed by atoms with Gasteiger partial charge in [0.15, 0.2) is 16.7 Å². The van der Waals surface area contributed by atoms with Crippen LogP contribution < -0.4 is 9.47 Å². The Morgan fingerprint density at radius 1 is 1.07 bits per heavy atom. The minimum absolute atomic E-state index is 0.0160. The Morgan fingerprint density at radius 3 is 2.55 bits per heavy atom. The Morgan fingerprint density at radius 2 is 1.85 bits per heavy atom. The van der Waals surface area contributed by atoms with Crippen molar-refractivity contribution in [2.24, 2.45) is 4.99 Å². The molecule has 1 saturated heterocycles. The Kier molecular flexibility index (Phi) is 8.76. The van der Waals surface area contributed by atoms with Crippen LogP contribution in [0.5, 0.6) is 11.5 Å². The van der Waals surface area contributed by atoms with Gasteiger partial charge in [-0.2, -0.15) is 0 Å². The highest BCUT2D eigenvalue weighted by Crippen LogP contribution is 2.47. The lowest BCUT2D eigenvalue weighted by Crippen LogP contribution is -2.42. The van der Waals surface area contributed by atoms with Crippen LogP contribution in [0.1, 0.15) is 36.9 Å². The molecule has 0 spiro atoms. The second-order valence-corrected chi connectivity index (χ2v) is 10.3. The zero-order valence-electron chi connectivity index (χ0n) is 22.9. The summed E-state index contributed by atoms with van der Waals surface area (Å²) in [6.45, 7) is 4.56.